The molecular weight excluding hydrogens is 256 g/mol. The standard InChI is InChI=1S/C19H34N2/c1-2-5-16(4-1)12-20-18-11-17(10-15-8-9-15)13-21(14-18)19-6-3-7-19/h15-20H,1-14H2. The van der Waals surface area contributed by atoms with Crippen LogP contribution in [0.4, 0.5) is 0 Å². The van der Waals surface area contributed by atoms with Gasteiger partial charge < -0.3 is 5.32 Å². The summed E-state index contributed by atoms with van der Waals surface area (Å²) in [6.45, 7) is 4.07. The maximum Gasteiger partial charge on any atom is 0.0198 e. The van der Waals surface area contributed by atoms with Crippen molar-refractivity contribution in [2.24, 2.45) is 17.8 Å². The van der Waals surface area contributed by atoms with Crippen molar-refractivity contribution in [2.45, 2.75) is 82.7 Å². The second-order valence-electron chi connectivity index (χ2n) is 8.58. The predicted octanol–water partition coefficient (Wildman–Crippen LogP) is 3.81. The highest BCUT2D eigenvalue weighted by atomic mass is 15.2. The first-order valence-corrected chi connectivity index (χ1v) is 9.84. The molecule has 4 aliphatic rings. The van der Waals surface area contributed by atoms with E-state index in [1.165, 1.54) is 90.3 Å². The highest BCUT2D eigenvalue weighted by molar-refractivity contribution is 4.92. The summed E-state index contributed by atoms with van der Waals surface area (Å²) >= 11 is 0. The fourth-order valence-electron chi connectivity index (χ4n) is 4.98. The summed E-state index contributed by atoms with van der Waals surface area (Å²) in [7, 11) is 0. The number of hydrogen-bond donors (Lipinski definition) is 1. The molecule has 1 heterocycles. The number of nitrogens with zero attached hydrogens (tertiary/aromatic N) is 1. The lowest BCUT2D eigenvalue weighted by molar-refractivity contribution is 0.0537. The van der Waals surface area contributed by atoms with Crippen molar-refractivity contribution in [3.63, 3.8) is 0 Å². The minimum atomic E-state index is 0.795. The van der Waals surface area contributed by atoms with E-state index in [1.807, 2.05) is 0 Å². The molecule has 2 unspecified atom stereocenters. The summed E-state index contributed by atoms with van der Waals surface area (Å²) in [4.78, 5) is 2.87. The van der Waals surface area contributed by atoms with Crippen molar-refractivity contribution in [2.75, 3.05) is 19.6 Å². The van der Waals surface area contributed by atoms with Gasteiger partial charge in [0.05, 0.1) is 0 Å². The van der Waals surface area contributed by atoms with E-state index in [0.717, 1.165) is 29.8 Å². The van der Waals surface area contributed by atoms with Gasteiger partial charge in [0, 0.05) is 25.2 Å². The maximum atomic E-state index is 3.98. The highest BCUT2D eigenvalue weighted by Gasteiger charge is 2.36. The van der Waals surface area contributed by atoms with Gasteiger partial charge in [-0.15, -0.1) is 0 Å². The second-order valence-corrected chi connectivity index (χ2v) is 8.58. The average Bonchev–Trinajstić information content (AvgIpc) is 3.07. The van der Waals surface area contributed by atoms with Crippen LogP contribution in [0.3, 0.4) is 0 Å². The third-order valence-electron chi connectivity index (χ3n) is 6.69. The Balaban J connectivity index is 1.29. The van der Waals surface area contributed by atoms with Crippen LogP contribution in [0.15, 0.2) is 0 Å². The van der Waals surface area contributed by atoms with Crippen molar-refractivity contribution < 1.29 is 0 Å². The van der Waals surface area contributed by atoms with Crippen LogP contribution in [0.2, 0.25) is 0 Å². The maximum absolute atomic E-state index is 3.98. The van der Waals surface area contributed by atoms with E-state index in [1.54, 1.807) is 0 Å². The molecule has 3 saturated carbocycles. The molecule has 0 aromatic carbocycles. The topological polar surface area (TPSA) is 15.3 Å². The molecule has 0 amide bonds. The van der Waals surface area contributed by atoms with Gasteiger partial charge in [-0.2, -0.15) is 0 Å². The Labute approximate surface area is 131 Å². The molecule has 0 bridgehead atoms. The van der Waals surface area contributed by atoms with Gasteiger partial charge in [0.1, 0.15) is 0 Å². The lowest BCUT2D eigenvalue weighted by atomic mass is 9.84. The van der Waals surface area contributed by atoms with Crippen LogP contribution >= 0.6 is 0 Å². The largest absolute Gasteiger partial charge is 0.312 e. The van der Waals surface area contributed by atoms with Gasteiger partial charge in [-0.3, -0.25) is 4.90 Å². The van der Waals surface area contributed by atoms with Gasteiger partial charge in [0.25, 0.3) is 0 Å². The number of nitrogens with one attached hydrogen (secondary N) is 1. The van der Waals surface area contributed by atoms with Gasteiger partial charge in [0.15, 0.2) is 0 Å². The minimum absolute atomic E-state index is 0.795. The zero-order valence-electron chi connectivity index (χ0n) is 13.7. The molecule has 2 atom stereocenters. The fourth-order valence-corrected chi connectivity index (χ4v) is 4.98. The molecular formula is C19H34N2. The summed E-state index contributed by atoms with van der Waals surface area (Å²) in [5, 5.41) is 3.98. The SMILES string of the molecule is C1CCC(CNC2CC(CC3CC3)CN(C3CCC3)C2)C1. The van der Waals surface area contributed by atoms with Crippen LogP contribution in [0, 0.1) is 17.8 Å². The van der Waals surface area contributed by atoms with Crippen molar-refractivity contribution in [3.05, 3.63) is 0 Å². The smallest absolute Gasteiger partial charge is 0.0198 e. The van der Waals surface area contributed by atoms with Crippen LogP contribution in [0.5, 0.6) is 0 Å². The van der Waals surface area contributed by atoms with Gasteiger partial charge in [0.2, 0.25) is 0 Å². The third-order valence-corrected chi connectivity index (χ3v) is 6.69. The number of rotatable bonds is 6. The van der Waals surface area contributed by atoms with E-state index in [4.69, 9.17) is 0 Å². The third kappa shape index (κ3) is 3.82. The lowest BCUT2D eigenvalue weighted by Crippen LogP contribution is -2.54. The van der Waals surface area contributed by atoms with Crippen LogP contribution in [0.1, 0.15) is 70.6 Å². The Bertz CT molecular complexity index is 328. The Hall–Kier alpha value is -0.0800. The first kappa shape index (κ1) is 14.5. The van der Waals surface area contributed by atoms with Crippen molar-refractivity contribution >= 4 is 0 Å². The molecule has 21 heavy (non-hydrogen) atoms. The van der Waals surface area contributed by atoms with E-state index in [2.05, 4.69) is 10.2 Å². The summed E-state index contributed by atoms with van der Waals surface area (Å²) in [5.74, 6) is 3.09. The van der Waals surface area contributed by atoms with Crippen molar-refractivity contribution in [1.29, 1.82) is 0 Å². The highest BCUT2D eigenvalue weighted by Crippen LogP contribution is 2.39. The summed E-state index contributed by atoms with van der Waals surface area (Å²) in [5.41, 5.74) is 0. The van der Waals surface area contributed by atoms with E-state index in [9.17, 15) is 0 Å². The molecule has 2 heteroatoms. The molecule has 2 nitrogen and oxygen atoms in total. The van der Waals surface area contributed by atoms with Crippen molar-refractivity contribution in [3.8, 4) is 0 Å². The predicted molar refractivity (Wildman–Crippen MR) is 88.4 cm³/mol. The van der Waals surface area contributed by atoms with Gasteiger partial charge in [-0.1, -0.05) is 32.1 Å². The molecule has 0 radical (unpaired) electrons. The summed E-state index contributed by atoms with van der Waals surface area (Å²) < 4.78 is 0. The Morgan fingerprint density at radius 1 is 0.762 bits per heavy atom. The molecule has 0 aromatic rings. The summed E-state index contributed by atoms with van der Waals surface area (Å²) in [6, 6.07) is 1.74. The Kier molecular flexibility index (Phi) is 4.55. The fraction of sp³-hybridized carbons (Fsp3) is 1.00. The quantitative estimate of drug-likeness (QED) is 0.800. The number of piperidine rings is 1. The van der Waals surface area contributed by atoms with E-state index in [0.29, 0.717) is 0 Å². The minimum Gasteiger partial charge on any atom is -0.312 e. The monoisotopic (exact) mass is 290 g/mol. The molecule has 3 aliphatic carbocycles. The van der Waals surface area contributed by atoms with E-state index < -0.39 is 0 Å². The molecule has 4 fully saturated rings. The van der Waals surface area contributed by atoms with E-state index >= 15 is 0 Å². The molecule has 0 aromatic heterocycles. The number of hydrogen-bond acceptors (Lipinski definition) is 2. The van der Waals surface area contributed by atoms with Crippen LogP contribution in [-0.4, -0.2) is 36.6 Å². The van der Waals surface area contributed by atoms with Gasteiger partial charge in [-0.05, 0) is 62.8 Å². The van der Waals surface area contributed by atoms with Crippen LogP contribution in [-0.2, 0) is 0 Å². The second kappa shape index (κ2) is 6.58. The lowest BCUT2D eigenvalue weighted by Gasteiger charge is -2.45. The number of likely N-dealkylation sites (tertiary alicyclic amines) is 1. The Morgan fingerprint density at radius 2 is 1.57 bits per heavy atom. The van der Waals surface area contributed by atoms with Gasteiger partial charge >= 0.3 is 0 Å². The van der Waals surface area contributed by atoms with Gasteiger partial charge in [-0.25, -0.2) is 0 Å². The van der Waals surface area contributed by atoms with Crippen molar-refractivity contribution in [1.82, 2.24) is 10.2 Å². The zero-order chi connectivity index (χ0) is 14.1. The van der Waals surface area contributed by atoms with E-state index in [-0.39, 0.29) is 0 Å². The molecule has 120 valence electrons. The van der Waals surface area contributed by atoms with Crippen LogP contribution < -0.4 is 5.32 Å². The zero-order valence-corrected chi connectivity index (χ0v) is 13.7. The molecule has 4 rings (SSSR count). The first-order chi connectivity index (χ1) is 10.4. The molecule has 0 spiro atoms. The average molecular weight is 290 g/mol. The molecule has 1 saturated heterocycles. The Morgan fingerprint density at radius 3 is 2.24 bits per heavy atom. The normalized spacial score (nSPS) is 36.0. The molecule has 1 aliphatic heterocycles. The first-order valence-electron chi connectivity index (χ1n) is 9.84. The summed E-state index contributed by atoms with van der Waals surface area (Å²) in [6.07, 6.45) is 16.4. The van der Waals surface area contributed by atoms with Crippen LogP contribution in [0.25, 0.3) is 0 Å². The molecule has 1 N–H and O–H groups in total.